The van der Waals surface area contributed by atoms with Crippen LogP contribution in [-0.4, -0.2) is 32.5 Å². The molecule has 0 unspecified atom stereocenters. The summed E-state index contributed by atoms with van der Waals surface area (Å²) in [6.07, 6.45) is -7.99. The van der Waals surface area contributed by atoms with E-state index in [2.05, 4.69) is 0 Å². The van der Waals surface area contributed by atoms with Gasteiger partial charge < -0.3 is 21.1 Å². The summed E-state index contributed by atoms with van der Waals surface area (Å²) in [4.78, 5) is 9.42. The average molecular weight is 282 g/mol. The molecule has 0 saturated carbocycles. The van der Waals surface area contributed by atoms with Crippen molar-refractivity contribution in [3.8, 4) is 11.5 Å². The van der Waals surface area contributed by atoms with Crippen LogP contribution >= 0.6 is 0 Å². The summed E-state index contributed by atoms with van der Waals surface area (Å²) < 4.78 is 36.7. The Kier molecular flexibility index (Phi) is 3.86. The molecule has 1 aromatic carbocycles. The van der Waals surface area contributed by atoms with Crippen molar-refractivity contribution in [2.75, 3.05) is 0 Å². The number of aliphatic hydroxyl groups is 1. The number of nitro benzene ring substituents is 1. The monoisotopic (exact) mass is 282 g/mol. The van der Waals surface area contributed by atoms with Gasteiger partial charge in [0.05, 0.1) is 11.0 Å². The van der Waals surface area contributed by atoms with E-state index < -0.39 is 46.0 Å². The zero-order chi connectivity index (χ0) is 15.0. The zero-order valence-electron chi connectivity index (χ0n) is 9.13. The normalized spacial score (nSPS) is 15.0. The van der Waals surface area contributed by atoms with Gasteiger partial charge in [-0.25, -0.2) is 0 Å². The first-order valence-corrected chi connectivity index (χ1v) is 4.76. The van der Waals surface area contributed by atoms with Crippen molar-refractivity contribution in [1.82, 2.24) is 0 Å². The Labute approximate surface area is 103 Å². The lowest BCUT2D eigenvalue weighted by Gasteiger charge is -2.21. The fourth-order valence-corrected chi connectivity index (χ4v) is 1.34. The highest BCUT2D eigenvalue weighted by Gasteiger charge is 2.43. The zero-order valence-corrected chi connectivity index (χ0v) is 9.13. The van der Waals surface area contributed by atoms with Crippen molar-refractivity contribution in [2.45, 2.75) is 18.3 Å². The fourth-order valence-electron chi connectivity index (χ4n) is 1.34. The summed E-state index contributed by atoms with van der Waals surface area (Å²) >= 11 is 0. The standard InChI is InChI=1S/C9H9F3N2O5/c10-9(11,12)8(17)6(13)3-1-4(14(18)19)7(16)5(15)2-3/h1-2,6,8,15-17H,13H2/t6-,8-/m1/s1. The second-order valence-corrected chi connectivity index (χ2v) is 3.68. The van der Waals surface area contributed by atoms with Gasteiger partial charge in [-0.2, -0.15) is 13.2 Å². The lowest BCUT2D eigenvalue weighted by molar-refractivity contribution is -0.386. The lowest BCUT2D eigenvalue weighted by atomic mass is 10.0. The fraction of sp³-hybridized carbons (Fsp3) is 0.333. The molecule has 5 N–H and O–H groups in total. The van der Waals surface area contributed by atoms with E-state index in [9.17, 15) is 28.4 Å². The molecule has 0 aliphatic rings. The Balaban J connectivity index is 3.25. The minimum absolute atomic E-state index is 0.535. The van der Waals surface area contributed by atoms with Gasteiger partial charge in [-0.3, -0.25) is 10.1 Å². The summed E-state index contributed by atoms with van der Waals surface area (Å²) in [6.45, 7) is 0. The molecule has 0 aliphatic carbocycles. The Morgan fingerprint density at radius 2 is 1.84 bits per heavy atom. The number of nitrogens with two attached hydrogens (primary N) is 1. The van der Waals surface area contributed by atoms with E-state index in [1.165, 1.54) is 0 Å². The maximum atomic E-state index is 12.2. The van der Waals surface area contributed by atoms with Crippen molar-refractivity contribution in [3.05, 3.63) is 27.8 Å². The Morgan fingerprint density at radius 3 is 2.26 bits per heavy atom. The van der Waals surface area contributed by atoms with E-state index in [1.54, 1.807) is 0 Å². The number of hydrogen-bond acceptors (Lipinski definition) is 6. The van der Waals surface area contributed by atoms with Gasteiger partial charge in [0.15, 0.2) is 11.9 Å². The SMILES string of the molecule is N[C@H](c1cc(O)c(O)c([N+](=O)[O-])c1)[C@@H](O)C(F)(F)F. The summed E-state index contributed by atoms with van der Waals surface area (Å²) in [5, 5.41) is 37.8. The van der Waals surface area contributed by atoms with Crippen molar-refractivity contribution >= 4 is 5.69 Å². The van der Waals surface area contributed by atoms with Gasteiger partial charge in [0.2, 0.25) is 5.75 Å². The molecule has 10 heteroatoms. The predicted molar refractivity (Wildman–Crippen MR) is 55.4 cm³/mol. The molecular formula is C9H9F3N2O5. The van der Waals surface area contributed by atoms with E-state index >= 15 is 0 Å². The van der Waals surface area contributed by atoms with E-state index in [-0.39, 0.29) is 0 Å². The molecular weight excluding hydrogens is 273 g/mol. The molecule has 0 aliphatic heterocycles. The first-order chi connectivity index (χ1) is 8.55. The first kappa shape index (κ1) is 15.0. The van der Waals surface area contributed by atoms with E-state index in [0.29, 0.717) is 12.1 Å². The number of aliphatic hydroxyl groups excluding tert-OH is 1. The van der Waals surface area contributed by atoms with Crippen LogP contribution in [-0.2, 0) is 0 Å². The third-order valence-electron chi connectivity index (χ3n) is 2.35. The third-order valence-corrected chi connectivity index (χ3v) is 2.35. The molecule has 0 spiro atoms. The molecule has 0 heterocycles. The first-order valence-electron chi connectivity index (χ1n) is 4.76. The number of halogens is 3. The van der Waals surface area contributed by atoms with Gasteiger partial charge in [0.25, 0.3) is 0 Å². The van der Waals surface area contributed by atoms with Crippen LogP contribution in [0.2, 0.25) is 0 Å². The number of phenols is 2. The van der Waals surface area contributed by atoms with Crippen LogP contribution in [0.15, 0.2) is 12.1 Å². The van der Waals surface area contributed by atoms with Gasteiger partial charge >= 0.3 is 11.9 Å². The summed E-state index contributed by atoms with van der Waals surface area (Å²) in [6, 6.07) is -0.874. The molecule has 7 nitrogen and oxygen atoms in total. The van der Waals surface area contributed by atoms with E-state index in [0.717, 1.165) is 0 Å². The Morgan fingerprint density at radius 1 is 1.32 bits per heavy atom. The van der Waals surface area contributed by atoms with E-state index in [1.807, 2.05) is 0 Å². The van der Waals surface area contributed by atoms with E-state index in [4.69, 9.17) is 15.9 Å². The summed E-state index contributed by atoms with van der Waals surface area (Å²) in [5.41, 5.74) is 3.58. The molecule has 0 radical (unpaired) electrons. The maximum Gasteiger partial charge on any atom is 0.416 e. The molecule has 0 amide bonds. The highest BCUT2D eigenvalue weighted by Crippen LogP contribution is 2.39. The van der Waals surface area contributed by atoms with Crippen molar-refractivity contribution in [3.63, 3.8) is 0 Å². The minimum Gasteiger partial charge on any atom is -0.504 e. The summed E-state index contributed by atoms with van der Waals surface area (Å²) in [5.74, 6) is -2.10. The van der Waals surface area contributed by atoms with Crippen LogP contribution in [0.1, 0.15) is 11.6 Å². The smallest absolute Gasteiger partial charge is 0.416 e. The summed E-state index contributed by atoms with van der Waals surface area (Å²) in [7, 11) is 0. The molecule has 19 heavy (non-hydrogen) atoms. The number of aromatic hydroxyl groups is 2. The average Bonchev–Trinajstić information content (AvgIpc) is 2.28. The quantitative estimate of drug-likeness (QED) is 0.370. The number of nitrogens with zero attached hydrogens (tertiary/aromatic N) is 1. The topological polar surface area (TPSA) is 130 Å². The lowest BCUT2D eigenvalue weighted by Crippen LogP contribution is -2.38. The molecule has 0 bridgehead atoms. The molecule has 1 aromatic rings. The van der Waals surface area contributed by atoms with Crippen molar-refractivity contribution in [2.24, 2.45) is 5.73 Å². The number of hydrogen-bond donors (Lipinski definition) is 4. The second-order valence-electron chi connectivity index (χ2n) is 3.68. The highest BCUT2D eigenvalue weighted by atomic mass is 19.4. The Hall–Kier alpha value is -2.07. The van der Waals surface area contributed by atoms with Crippen molar-refractivity contribution < 1.29 is 33.4 Å². The molecule has 2 atom stereocenters. The van der Waals surface area contributed by atoms with Gasteiger partial charge in [-0.05, 0) is 11.6 Å². The van der Waals surface area contributed by atoms with Crippen LogP contribution in [0.3, 0.4) is 0 Å². The van der Waals surface area contributed by atoms with Crippen LogP contribution < -0.4 is 5.73 Å². The highest BCUT2D eigenvalue weighted by molar-refractivity contribution is 5.57. The molecule has 0 aromatic heterocycles. The number of phenolic OH excluding ortho intramolecular Hbond substituents is 2. The Bertz CT molecular complexity index is 505. The number of benzene rings is 1. The minimum atomic E-state index is -5.03. The molecule has 106 valence electrons. The van der Waals surface area contributed by atoms with Crippen molar-refractivity contribution in [1.29, 1.82) is 0 Å². The van der Waals surface area contributed by atoms with Crippen LogP contribution in [0, 0.1) is 10.1 Å². The van der Waals surface area contributed by atoms with Gasteiger partial charge in [-0.15, -0.1) is 0 Å². The molecule has 0 saturated heterocycles. The molecule has 1 rings (SSSR count). The van der Waals surface area contributed by atoms with Crippen LogP contribution in [0.4, 0.5) is 18.9 Å². The van der Waals surface area contributed by atoms with Crippen LogP contribution in [0.25, 0.3) is 0 Å². The maximum absolute atomic E-state index is 12.2. The predicted octanol–water partition coefficient (Wildman–Crippen LogP) is 0.929. The second kappa shape index (κ2) is 4.90. The number of nitro groups is 1. The van der Waals surface area contributed by atoms with Gasteiger partial charge in [0, 0.05) is 6.07 Å². The van der Waals surface area contributed by atoms with Gasteiger partial charge in [-0.1, -0.05) is 0 Å². The van der Waals surface area contributed by atoms with Crippen LogP contribution in [0.5, 0.6) is 11.5 Å². The third kappa shape index (κ3) is 3.03. The number of alkyl halides is 3. The van der Waals surface area contributed by atoms with Gasteiger partial charge in [0.1, 0.15) is 0 Å². The number of rotatable bonds is 3. The molecule has 0 fully saturated rings. The largest absolute Gasteiger partial charge is 0.504 e.